The van der Waals surface area contributed by atoms with Crippen LogP contribution in [0, 0.1) is 3.70 Å². The van der Waals surface area contributed by atoms with Crippen LogP contribution in [-0.4, -0.2) is 15.0 Å². The Balaban J connectivity index is 1.19. The van der Waals surface area contributed by atoms with Crippen molar-refractivity contribution in [3.05, 3.63) is 145 Å². The summed E-state index contributed by atoms with van der Waals surface area (Å²) >= 11 is 8.40. The highest BCUT2D eigenvalue weighted by atomic mass is 127. The third kappa shape index (κ3) is 5.77. The molecule has 0 aliphatic carbocycles. The molecule has 0 amide bonds. The summed E-state index contributed by atoms with van der Waals surface area (Å²) in [7, 11) is 0. The molecule has 9 heteroatoms. The summed E-state index contributed by atoms with van der Waals surface area (Å²) in [6.07, 6.45) is 1.32. The predicted molar refractivity (Wildman–Crippen MR) is 178 cm³/mol. The van der Waals surface area contributed by atoms with Crippen molar-refractivity contribution in [3.63, 3.8) is 0 Å². The van der Waals surface area contributed by atoms with Crippen molar-refractivity contribution in [1.82, 2.24) is 15.0 Å². The molecule has 0 spiro atoms. The van der Waals surface area contributed by atoms with Gasteiger partial charge in [-0.25, -0.2) is 4.68 Å². The smallest absolute Gasteiger partial charge is 0.235 e. The Hall–Kier alpha value is -3.99. The van der Waals surface area contributed by atoms with Crippen molar-refractivity contribution in [3.8, 4) is 17.1 Å². The first-order valence-corrected chi connectivity index (χ1v) is 15.8. The van der Waals surface area contributed by atoms with E-state index in [2.05, 4.69) is 57.2 Å². The second kappa shape index (κ2) is 12.6. The number of para-hydroxylation sites is 1. The minimum absolute atomic E-state index is 0.0441. The van der Waals surface area contributed by atoms with Crippen LogP contribution in [0.1, 0.15) is 47.9 Å². The zero-order chi connectivity index (χ0) is 30.0. The second-order valence-electron chi connectivity index (χ2n) is 10.7. The van der Waals surface area contributed by atoms with Gasteiger partial charge in [0.15, 0.2) is 5.76 Å². The quantitative estimate of drug-likeness (QED) is 0.154. The SMILES string of the molecule is O=c1c(OCc2nnn(C3CC(c4ccccc4)OC(c4ccccc4)C3)c2I)c(-c2ccc(Cl)cc2)oc2ccccc12. The normalized spacial score (nSPS) is 18.4. The first-order valence-electron chi connectivity index (χ1n) is 14.3. The number of hydrogen-bond acceptors (Lipinski definition) is 6. The van der Waals surface area contributed by atoms with Crippen LogP contribution in [0.4, 0.5) is 0 Å². The monoisotopic (exact) mass is 715 g/mol. The number of hydrogen-bond donors (Lipinski definition) is 0. The highest BCUT2D eigenvalue weighted by molar-refractivity contribution is 14.1. The summed E-state index contributed by atoms with van der Waals surface area (Å²) in [5.41, 5.74) is 3.82. The Labute approximate surface area is 272 Å². The van der Waals surface area contributed by atoms with Gasteiger partial charge in [0.25, 0.3) is 0 Å². The van der Waals surface area contributed by atoms with Crippen LogP contribution < -0.4 is 10.2 Å². The summed E-state index contributed by atoms with van der Waals surface area (Å²) < 4.78 is 21.9. The van der Waals surface area contributed by atoms with Crippen LogP contribution in [0.3, 0.4) is 0 Å². The van der Waals surface area contributed by atoms with Gasteiger partial charge >= 0.3 is 0 Å². The van der Waals surface area contributed by atoms with E-state index in [0.29, 0.717) is 33.0 Å². The Morgan fingerprint density at radius 1 is 0.841 bits per heavy atom. The zero-order valence-corrected chi connectivity index (χ0v) is 26.4. The Kier molecular flexibility index (Phi) is 8.20. The van der Waals surface area contributed by atoms with Gasteiger partial charge in [0, 0.05) is 23.4 Å². The van der Waals surface area contributed by atoms with Crippen LogP contribution in [-0.2, 0) is 11.3 Å². The van der Waals surface area contributed by atoms with E-state index in [0.717, 1.165) is 27.7 Å². The minimum atomic E-state index is -0.250. The average Bonchev–Trinajstić information content (AvgIpc) is 3.45. The number of rotatable bonds is 7. The third-order valence-corrected chi connectivity index (χ3v) is 9.28. The molecule has 2 atom stereocenters. The van der Waals surface area contributed by atoms with Gasteiger partial charge in [-0.1, -0.05) is 89.6 Å². The molecule has 2 aromatic heterocycles. The maximum Gasteiger partial charge on any atom is 0.235 e. The number of aromatic nitrogens is 3. The average molecular weight is 716 g/mol. The van der Waals surface area contributed by atoms with Crippen molar-refractivity contribution in [2.24, 2.45) is 0 Å². The van der Waals surface area contributed by atoms with E-state index in [1.54, 1.807) is 42.5 Å². The molecule has 0 saturated carbocycles. The van der Waals surface area contributed by atoms with E-state index in [4.69, 9.17) is 25.5 Å². The molecule has 7 nitrogen and oxygen atoms in total. The molecule has 6 aromatic rings. The highest BCUT2D eigenvalue weighted by Gasteiger charge is 2.34. The molecule has 4 aromatic carbocycles. The molecule has 3 heterocycles. The number of benzene rings is 4. The Bertz CT molecular complexity index is 1910. The molecule has 1 aliphatic heterocycles. The molecule has 0 bridgehead atoms. The standard InChI is InChI=1S/C35H27ClIN3O4/c36-25-17-15-24(16-18-25)33-34(32(41)27-13-7-8-14-29(27)44-33)42-21-28-35(37)40(39-38-28)26-19-30(22-9-3-1-4-10-22)43-31(20-26)23-11-5-2-6-12-23/h1-18,26,30-31H,19-21H2. The molecule has 1 aliphatic rings. The van der Waals surface area contributed by atoms with Crippen molar-refractivity contribution in [2.75, 3.05) is 0 Å². The number of nitrogens with zero attached hydrogens (tertiary/aromatic N) is 3. The second-order valence-corrected chi connectivity index (χ2v) is 12.2. The summed E-state index contributed by atoms with van der Waals surface area (Å²) in [6.45, 7) is 0.0510. The summed E-state index contributed by atoms with van der Waals surface area (Å²) in [6, 6.07) is 34.9. The molecular formula is C35H27ClIN3O4. The Morgan fingerprint density at radius 3 is 2.11 bits per heavy atom. The van der Waals surface area contributed by atoms with E-state index in [9.17, 15) is 4.79 Å². The highest BCUT2D eigenvalue weighted by Crippen LogP contribution is 2.44. The molecular weight excluding hydrogens is 689 g/mol. The van der Waals surface area contributed by atoms with Gasteiger partial charge in [-0.15, -0.1) is 5.10 Å². The van der Waals surface area contributed by atoms with Gasteiger partial charge < -0.3 is 13.9 Å². The fourth-order valence-electron chi connectivity index (χ4n) is 5.69. The fourth-order valence-corrected chi connectivity index (χ4v) is 6.57. The largest absolute Gasteiger partial charge is 0.480 e. The maximum absolute atomic E-state index is 13.6. The topological polar surface area (TPSA) is 79.4 Å². The lowest BCUT2D eigenvalue weighted by Gasteiger charge is -2.36. The molecule has 1 fully saturated rings. The summed E-state index contributed by atoms with van der Waals surface area (Å²) in [5, 5.41) is 10.1. The molecule has 0 N–H and O–H groups in total. The number of ether oxygens (including phenoxy) is 2. The first-order chi connectivity index (χ1) is 21.5. The van der Waals surface area contributed by atoms with E-state index < -0.39 is 0 Å². The van der Waals surface area contributed by atoms with Crippen molar-refractivity contribution >= 4 is 45.2 Å². The van der Waals surface area contributed by atoms with Gasteiger partial charge in [-0.05, 0) is 70.1 Å². The zero-order valence-electron chi connectivity index (χ0n) is 23.5. The summed E-state index contributed by atoms with van der Waals surface area (Å²) in [4.78, 5) is 13.6. The van der Waals surface area contributed by atoms with Crippen LogP contribution in [0.15, 0.2) is 118 Å². The van der Waals surface area contributed by atoms with Gasteiger partial charge in [0.1, 0.15) is 21.6 Å². The summed E-state index contributed by atoms with van der Waals surface area (Å²) in [5.74, 6) is 0.462. The van der Waals surface area contributed by atoms with Crippen LogP contribution in [0.25, 0.3) is 22.3 Å². The van der Waals surface area contributed by atoms with Gasteiger partial charge in [-0.3, -0.25) is 4.79 Å². The molecule has 7 rings (SSSR count). The van der Waals surface area contributed by atoms with Gasteiger partial charge in [-0.2, -0.15) is 0 Å². The number of halogens is 2. The molecule has 220 valence electrons. The van der Waals surface area contributed by atoms with Crippen LogP contribution >= 0.6 is 34.2 Å². The lowest BCUT2D eigenvalue weighted by molar-refractivity contribution is -0.0745. The number of fused-ring (bicyclic) bond motifs is 1. The van der Waals surface area contributed by atoms with Crippen molar-refractivity contribution in [2.45, 2.75) is 37.7 Å². The molecule has 44 heavy (non-hydrogen) atoms. The predicted octanol–water partition coefficient (Wildman–Crippen LogP) is 8.72. The van der Waals surface area contributed by atoms with Gasteiger partial charge in [0.2, 0.25) is 11.2 Å². The van der Waals surface area contributed by atoms with E-state index in [1.165, 1.54) is 0 Å². The molecule has 2 unspecified atom stereocenters. The molecule has 0 radical (unpaired) electrons. The van der Waals surface area contributed by atoms with E-state index in [1.807, 2.05) is 47.1 Å². The minimum Gasteiger partial charge on any atom is -0.480 e. The third-order valence-electron chi connectivity index (χ3n) is 7.91. The van der Waals surface area contributed by atoms with E-state index in [-0.39, 0.29) is 36.0 Å². The first kappa shape index (κ1) is 28.8. The Morgan fingerprint density at radius 2 is 1.45 bits per heavy atom. The van der Waals surface area contributed by atoms with Crippen molar-refractivity contribution in [1.29, 1.82) is 0 Å². The lowest BCUT2D eigenvalue weighted by Crippen LogP contribution is -2.27. The van der Waals surface area contributed by atoms with Gasteiger partial charge in [0.05, 0.1) is 23.6 Å². The molecule has 1 saturated heterocycles. The van der Waals surface area contributed by atoms with E-state index >= 15 is 0 Å². The maximum atomic E-state index is 13.6. The van der Waals surface area contributed by atoms with Crippen LogP contribution in [0.2, 0.25) is 5.02 Å². The van der Waals surface area contributed by atoms with Crippen molar-refractivity contribution < 1.29 is 13.9 Å². The lowest BCUT2D eigenvalue weighted by atomic mass is 9.91. The fraction of sp³-hybridized carbons (Fsp3) is 0.171. The van der Waals surface area contributed by atoms with Crippen LogP contribution in [0.5, 0.6) is 5.75 Å².